The summed E-state index contributed by atoms with van der Waals surface area (Å²) in [6.07, 6.45) is 4.77. The molecule has 0 saturated heterocycles. The highest BCUT2D eigenvalue weighted by Gasteiger charge is 2.02. The smallest absolute Gasteiger partial charge is 0.315 e. The van der Waals surface area contributed by atoms with Crippen LogP contribution in [-0.2, 0) is 19.6 Å². The molecule has 118 valence electrons. The van der Waals surface area contributed by atoms with E-state index in [0.29, 0.717) is 19.6 Å². The molecule has 0 aliphatic heterocycles. The molecule has 2 N–H and O–H groups in total. The molecule has 0 fully saturated rings. The third kappa shape index (κ3) is 4.44. The lowest BCUT2D eigenvalue weighted by Gasteiger charge is -2.07. The summed E-state index contributed by atoms with van der Waals surface area (Å²) in [6, 6.07) is 11.4. The van der Waals surface area contributed by atoms with Crippen LogP contribution in [-0.4, -0.2) is 20.8 Å². The molecule has 0 radical (unpaired) electrons. The van der Waals surface area contributed by atoms with E-state index in [1.54, 1.807) is 23.3 Å². The maximum absolute atomic E-state index is 11.7. The second kappa shape index (κ2) is 7.26. The van der Waals surface area contributed by atoms with Crippen LogP contribution in [0.15, 0.2) is 59.7 Å². The number of carbonyl (C=O) groups excluding carboxylic acids is 1. The summed E-state index contributed by atoms with van der Waals surface area (Å²) in [4.78, 5) is 15.6. The van der Waals surface area contributed by atoms with E-state index in [1.807, 2.05) is 30.3 Å². The Morgan fingerprint density at radius 2 is 1.87 bits per heavy atom. The van der Waals surface area contributed by atoms with Crippen molar-refractivity contribution in [3.05, 3.63) is 72.2 Å². The molecular weight excluding hydrogens is 294 g/mol. The largest absolute Gasteiger partial charge is 0.467 e. The van der Waals surface area contributed by atoms with E-state index in [4.69, 9.17) is 4.42 Å². The molecule has 7 heteroatoms. The van der Waals surface area contributed by atoms with Gasteiger partial charge in [-0.2, -0.15) is 5.10 Å². The number of urea groups is 1. The fraction of sp³-hybridized carbons (Fsp3) is 0.188. The number of hydrogen-bond acceptors (Lipinski definition) is 4. The van der Waals surface area contributed by atoms with Crippen molar-refractivity contribution in [1.29, 1.82) is 0 Å². The molecule has 23 heavy (non-hydrogen) atoms. The zero-order valence-corrected chi connectivity index (χ0v) is 12.5. The molecule has 0 unspecified atom stereocenters. The van der Waals surface area contributed by atoms with Gasteiger partial charge in [0.1, 0.15) is 18.4 Å². The van der Waals surface area contributed by atoms with E-state index >= 15 is 0 Å². The second-order valence-corrected chi connectivity index (χ2v) is 5.03. The Labute approximate surface area is 133 Å². The van der Waals surface area contributed by atoms with Crippen molar-refractivity contribution in [3.63, 3.8) is 0 Å². The number of hydrogen-bond donors (Lipinski definition) is 2. The molecule has 0 aliphatic carbocycles. The number of nitrogens with one attached hydrogen (secondary N) is 2. The van der Waals surface area contributed by atoms with Gasteiger partial charge < -0.3 is 15.1 Å². The third-order valence-corrected chi connectivity index (χ3v) is 3.29. The molecule has 3 rings (SSSR count). The van der Waals surface area contributed by atoms with Crippen LogP contribution >= 0.6 is 0 Å². The molecule has 0 spiro atoms. The first-order chi connectivity index (χ1) is 11.3. The van der Waals surface area contributed by atoms with Gasteiger partial charge in [-0.15, -0.1) is 0 Å². The van der Waals surface area contributed by atoms with Crippen LogP contribution in [0.2, 0.25) is 0 Å². The number of amides is 2. The fourth-order valence-corrected chi connectivity index (χ4v) is 2.09. The molecular formula is C16H17N5O2. The van der Waals surface area contributed by atoms with Crippen molar-refractivity contribution in [3.8, 4) is 0 Å². The molecule has 3 aromatic rings. The van der Waals surface area contributed by atoms with Gasteiger partial charge in [-0.3, -0.25) is 0 Å². The first-order valence-electron chi connectivity index (χ1n) is 7.24. The Hall–Kier alpha value is -3.09. The molecule has 2 heterocycles. The summed E-state index contributed by atoms with van der Waals surface area (Å²) >= 11 is 0. The van der Waals surface area contributed by atoms with Crippen molar-refractivity contribution < 1.29 is 9.21 Å². The van der Waals surface area contributed by atoms with E-state index in [9.17, 15) is 4.79 Å². The Bertz CT molecular complexity index is 720. The van der Waals surface area contributed by atoms with E-state index in [-0.39, 0.29) is 6.03 Å². The van der Waals surface area contributed by atoms with Crippen LogP contribution in [0.25, 0.3) is 0 Å². The molecule has 2 aromatic heterocycles. The minimum Gasteiger partial charge on any atom is -0.467 e. The normalized spacial score (nSPS) is 10.4. The number of furan rings is 1. The lowest BCUT2D eigenvalue weighted by atomic mass is 10.1. The summed E-state index contributed by atoms with van der Waals surface area (Å²) in [5.74, 6) is 0.720. The van der Waals surface area contributed by atoms with Crippen molar-refractivity contribution in [2.24, 2.45) is 0 Å². The van der Waals surface area contributed by atoms with Crippen LogP contribution < -0.4 is 10.6 Å². The number of nitrogens with zero attached hydrogens (tertiary/aromatic N) is 3. The lowest BCUT2D eigenvalue weighted by Crippen LogP contribution is -2.34. The average molecular weight is 311 g/mol. The SMILES string of the molecule is O=C(NCc1ccc(Cn2cncn2)cc1)NCc1ccco1. The number of carbonyl (C=O) groups is 1. The highest BCUT2D eigenvalue weighted by molar-refractivity contribution is 5.73. The maximum Gasteiger partial charge on any atom is 0.315 e. The molecule has 0 atom stereocenters. The monoisotopic (exact) mass is 311 g/mol. The molecule has 2 amide bonds. The van der Waals surface area contributed by atoms with E-state index < -0.39 is 0 Å². The van der Waals surface area contributed by atoms with Crippen molar-refractivity contribution in [1.82, 2.24) is 25.4 Å². The van der Waals surface area contributed by atoms with Crippen LogP contribution in [0.4, 0.5) is 4.79 Å². The minimum atomic E-state index is -0.229. The van der Waals surface area contributed by atoms with Gasteiger partial charge in [0.05, 0.1) is 19.4 Å². The van der Waals surface area contributed by atoms with Crippen molar-refractivity contribution in [2.75, 3.05) is 0 Å². The van der Waals surface area contributed by atoms with E-state index in [2.05, 4.69) is 20.7 Å². The fourth-order valence-electron chi connectivity index (χ4n) is 2.09. The molecule has 0 bridgehead atoms. The van der Waals surface area contributed by atoms with Crippen LogP contribution in [0, 0.1) is 0 Å². The van der Waals surface area contributed by atoms with Crippen molar-refractivity contribution >= 4 is 6.03 Å². The van der Waals surface area contributed by atoms with Gasteiger partial charge in [-0.25, -0.2) is 14.5 Å². The standard InChI is InChI=1S/C16H17N5O2/c22-16(19-9-15-2-1-7-23-15)18-8-13-3-5-14(6-4-13)10-21-12-17-11-20-21/h1-7,11-12H,8-10H2,(H2,18,19,22). The quantitative estimate of drug-likeness (QED) is 0.728. The first-order valence-corrected chi connectivity index (χ1v) is 7.24. The first kappa shape index (κ1) is 14.8. The van der Waals surface area contributed by atoms with Crippen LogP contribution in [0.5, 0.6) is 0 Å². The zero-order chi connectivity index (χ0) is 15.9. The predicted octanol–water partition coefficient (Wildman–Crippen LogP) is 1.92. The average Bonchev–Trinajstić information content (AvgIpc) is 3.26. The van der Waals surface area contributed by atoms with Crippen molar-refractivity contribution in [2.45, 2.75) is 19.6 Å². The molecule has 7 nitrogen and oxygen atoms in total. The zero-order valence-electron chi connectivity index (χ0n) is 12.5. The Morgan fingerprint density at radius 1 is 1.09 bits per heavy atom. The molecule has 0 saturated carbocycles. The van der Waals surface area contributed by atoms with Gasteiger partial charge in [0, 0.05) is 6.54 Å². The predicted molar refractivity (Wildman–Crippen MR) is 83.3 cm³/mol. The summed E-state index contributed by atoms with van der Waals surface area (Å²) in [5, 5.41) is 9.61. The Balaban J connectivity index is 1.43. The van der Waals surface area contributed by atoms with Gasteiger partial charge in [0.2, 0.25) is 0 Å². The highest BCUT2D eigenvalue weighted by Crippen LogP contribution is 2.06. The lowest BCUT2D eigenvalue weighted by molar-refractivity contribution is 0.239. The second-order valence-electron chi connectivity index (χ2n) is 5.03. The van der Waals surface area contributed by atoms with Gasteiger partial charge in [0.15, 0.2) is 0 Å². The van der Waals surface area contributed by atoms with Gasteiger partial charge >= 0.3 is 6.03 Å². The van der Waals surface area contributed by atoms with Gasteiger partial charge in [0.25, 0.3) is 0 Å². The molecule has 0 aliphatic rings. The summed E-state index contributed by atoms with van der Waals surface area (Å²) < 4.78 is 6.91. The third-order valence-electron chi connectivity index (χ3n) is 3.29. The number of rotatable bonds is 6. The minimum absolute atomic E-state index is 0.229. The summed E-state index contributed by atoms with van der Waals surface area (Å²) in [6.45, 7) is 1.51. The highest BCUT2D eigenvalue weighted by atomic mass is 16.3. The van der Waals surface area contributed by atoms with E-state index in [1.165, 1.54) is 6.33 Å². The summed E-state index contributed by atoms with van der Waals surface area (Å²) in [5.41, 5.74) is 2.15. The van der Waals surface area contributed by atoms with E-state index in [0.717, 1.165) is 16.9 Å². The maximum atomic E-state index is 11.7. The molecule has 1 aromatic carbocycles. The van der Waals surface area contributed by atoms with Crippen LogP contribution in [0.3, 0.4) is 0 Å². The summed E-state index contributed by atoms with van der Waals surface area (Å²) in [7, 11) is 0. The number of benzene rings is 1. The number of aromatic nitrogens is 3. The Kier molecular flexibility index (Phi) is 4.68. The van der Waals surface area contributed by atoms with Crippen LogP contribution in [0.1, 0.15) is 16.9 Å². The Morgan fingerprint density at radius 3 is 2.57 bits per heavy atom. The topological polar surface area (TPSA) is 85.0 Å². The van der Waals surface area contributed by atoms with Gasteiger partial charge in [-0.1, -0.05) is 24.3 Å². The van der Waals surface area contributed by atoms with Gasteiger partial charge in [-0.05, 0) is 23.3 Å².